The van der Waals surface area contributed by atoms with Gasteiger partial charge in [-0.15, -0.1) is 0 Å². The average Bonchev–Trinajstić information content (AvgIpc) is 2.78. The fraction of sp³-hybridized carbons (Fsp3) is 0.250. The Morgan fingerprint density at radius 2 is 1.55 bits per heavy atom. The standard InChI is InChI=1S/C24H25N3O2/c1-26(22-12-11-18-7-5-6-8-20(18)17-22)23(28)19-13-15-27(16-14-19)24(29)25-21-9-3-2-4-10-21/h2-12,17,19H,13-16H2,1H3,(H,25,29). The van der Waals surface area contributed by atoms with Gasteiger partial charge in [0.1, 0.15) is 0 Å². The molecule has 1 N–H and O–H groups in total. The Hall–Kier alpha value is -3.34. The summed E-state index contributed by atoms with van der Waals surface area (Å²) < 4.78 is 0. The van der Waals surface area contributed by atoms with E-state index in [1.807, 2.05) is 61.6 Å². The highest BCUT2D eigenvalue weighted by Crippen LogP contribution is 2.26. The Bertz CT molecular complexity index is 1010. The van der Waals surface area contributed by atoms with E-state index in [0.717, 1.165) is 22.1 Å². The number of nitrogens with one attached hydrogen (secondary N) is 1. The van der Waals surface area contributed by atoms with Crippen LogP contribution in [0.25, 0.3) is 10.8 Å². The first kappa shape index (κ1) is 19.0. The average molecular weight is 387 g/mol. The van der Waals surface area contributed by atoms with Crippen molar-refractivity contribution in [2.24, 2.45) is 5.92 Å². The second kappa shape index (κ2) is 8.35. The molecule has 0 unspecified atom stereocenters. The number of urea groups is 1. The van der Waals surface area contributed by atoms with Gasteiger partial charge in [-0.25, -0.2) is 4.79 Å². The molecule has 1 saturated heterocycles. The van der Waals surface area contributed by atoms with Crippen molar-refractivity contribution >= 4 is 34.1 Å². The molecule has 0 saturated carbocycles. The number of benzene rings is 3. The first-order valence-electron chi connectivity index (χ1n) is 9.99. The van der Waals surface area contributed by atoms with Gasteiger partial charge in [0.15, 0.2) is 0 Å². The lowest BCUT2D eigenvalue weighted by atomic mass is 9.95. The number of fused-ring (bicyclic) bond motifs is 1. The topological polar surface area (TPSA) is 52.7 Å². The van der Waals surface area contributed by atoms with Crippen LogP contribution in [-0.4, -0.2) is 37.0 Å². The maximum atomic E-state index is 13.0. The molecule has 4 rings (SSSR count). The highest BCUT2D eigenvalue weighted by atomic mass is 16.2. The van der Waals surface area contributed by atoms with Crippen LogP contribution in [0.4, 0.5) is 16.2 Å². The van der Waals surface area contributed by atoms with Crippen molar-refractivity contribution in [2.75, 3.05) is 30.4 Å². The van der Waals surface area contributed by atoms with Gasteiger partial charge >= 0.3 is 6.03 Å². The smallest absolute Gasteiger partial charge is 0.321 e. The Labute approximate surface area is 170 Å². The maximum absolute atomic E-state index is 13.0. The molecule has 5 nitrogen and oxygen atoms in total. The summed E-state index contributed by atoms with van der Waals surface area (Å²) in [4.78, 5) is 29.0. The molecule has 1 heterocycles. The summed E-state index contributed by atoms with van der Waals surface area (Å²) in [5.41, 5.74) is 1.68. The number of amides is 3. The van der Waals surface area contributed by atoms with Crippen LogP contribution in [0.1, 0.15) is 12.8 Å². The van der Waals surface area contributed by atoms with E-state index in [2.05, 4.69) is 23.5 Å². The number of anilines is 2. The van der Waals surface area contributed by atoms with Crippen molar-refractivity contribution in [1.82, 2.24) is 4.90 Å². The summed E-state index contributed by atoms with van der Waals surface area (Å²) in [6.45, 7) is 1.17. The van der Waals surface area contributed by atoms with Gasteiger partial charge in [-0.3, -0.25) is 4.79 Å². The van der Waals surface area contributed by atoms with Crippen molar-refractivity contribution in [3.05, 3.63) is 72.8 Å². The van der Waals surface area contributed by atoms with Crippen LogP contribution in [-0.2, 0) is 4.79 Å². The predicted octanol–water partition coefficient (Wildman–Crippen LogP) is 4.75. The van der Waals surface area contributed by atoms with Gasteiger partial charge < -0.3 is 15.1 Å². The zero-order chi connectivity index (χ0) is 20.2. The largest absolute Gasteiger partial charge is 0.324 e. The number of hydrogen-bond donors (Lipinski definition) is 1. The number of hydrogen-bond acceptors (Lipinski definition) is 2. The van der Waals surface area contributed by atoms with Gasteiger partial charge in [-0.05, 0) is 47.9 Å². The van der Waals surface area contributed by atoms with Gasteiger partial charge in [-0.2, -0.15) is 0 Å². The lowest BCUT2D eigenvalue weighted by molar-refractivity contribution is -0.123. The number of para-hydroxylation sites is 1. The third kappa shape index (κ3) is 4.24. The fourth-order valence-electron chi connectivity index (χ4n) is 3.84. The second-order valence-corrected chi connectivity index (χ2v) is 7.49. The number of nitrogens with zero attached hydrogens (tertiary/aromatic N) is 2. The van der Waals surface area contributed by atoms with Crippen molar-refractivity contribution in [3.8, 4) is 0 Å². The van der Waals surface area contributed by atoms with Crippen LogP contribution in [0, 0.1) is 5.92 Å². The van der Waals surface area contributed by atoms with Crippen LogP contribution >= 0.6 is 0 Å². The van der Waals surface area contributed by atoms with E-state index in [-0.39, 0.29) is 17.9 Å². The molecule has 0 radical (unpaired) electrons. The molecule has 3 aromatic carbocycles. The molecule has 1 aliphatic rings. The van der Waals surface area contributed by atoms with Gasteiger partial charge in [0.2, 0.25) is 5.91 Å². The third-order valence-electron chi connectivity index (χ3n) is 5.61. The molecule has 3 amide bonds. The minimum absolute atomic E-state index is 0.0627. The Balaban J connectivity index is 1.36. The number of piperidine rings is 1. The minimum Gasteiger partial charge on any atom is -0.324 e. The zero-order valence-corrected chi connectivity index (χ0v) is 16.5. The molecule has 3 aromatic rings. The van der Waals surface area contributed by atoms with Crippen molar-refractivity contribution in [2.45, 2.75) is 12.8 Å². The van der Waals surface area contributed by atoms with Gasteiger partial charge in [0.25, 0.3) is 0 Å². The zero-order valence-electron chi connectivity index (χ0n) is 16.5. The van der Waals surface area contributed by atoms with E-state index in [4.69, 9.17) is 0 Å². The lowest BCUT2D eigenvalue weighted by Crippen LogP contribution is -2.45. The highest BCUT2D eigenvalue weighted by molar-refractivity contribution is 5.97. The van der Waals surface area contributed by atoms with Crippen molar-refractivity contribution < 1.29 is 9.59 Å². The monoisotopic (exact) mass is 387 g/mol. The first-order chi connectivity index (χ1) is 14.1. The van der Waals surface area contributed by atoms with E-state index in [0.29, 0.717) is 25.9 Å². The molecular formula is C24H25N3O2. The van der Waals surface area contributed by atoms with Crippen LogP contribution in [0.5, 0.6) is 0 Å². The van der Waals surface area contributed by atoms with E-state index in [1.54, 1.807) is 9.80 Å². The second-order valence-electron chi connectivity index (χ2n) is 7.49. The maximum Gasteiger partial charge on any atom is 0.321 e. The number of likely N-dealkylation sites (tertiary alicyclic amines) is 1. The van der Waals surface area contributed by atoms with E-state index in [9.17, 15) is 9.59 Å². The quantitative estimate of drug-likeness (QED) is 0.705. The fourth-order valence-corrected chi connectivity index (χ4v) is 3.84. The molecule has 0 atom stereocenters. The summed E-state index contributed by atoms with van der Waals surface area (Å²) in [6.07, 6.45) is 1.36. The first-order valence-corrected chi connectivity index (χ1v) is 9.99. The highest BCUT2D eigenvalue weighted by Gasteiger charge is 2.29. The van der Waals surface area contributed by atoms with Crippen LogP contribution in [0.2, 0.25) is 0 Å². The summed E-state index contributed by atoms with van der Waals surface area (Å²) in [5, 5.41) is 5.20. The minimum atomic E-state index is -0.106. The molecular weight excluding hydrogens is 362 g/mol. The van der Waals surface area contributed by atoms with Crippen LogP contribution in [0.3, 0.4) is 0 Å². The number of rotatable bonds is 3. The van der Waals surface area contributed by atoms with E-state index >= 15 is 0 Å². The molecule has 1 aliphatic heterocycles. The number of carbonyl (C=O) groups excluding carboxylic acids is 2. The van der Waals surface area contributed by atoms with Gasteiger partial charge in [-0.1, -0.05) is 48.5 Å². The summed E-state index contributed by atoms with van der Waals surface area (Å²) in [5.74, 6) is 0.0515. The predicted molar refractivity (Wildman–Crippen MR) is 117 cm³/mol. The van der Waals surface area contributed by atoms with Crippen molar-refractivity contribution in [3.63, 3.8) is 0 Å². The summed E-state index contributed by atoms with van der Waals surface area (Å²) >= 11 is 0. The van der Waals surface area contributed by atoms with E-state index in [1.165, 1.54) is 0 Å². The molecule has 0 bridgehead atoms. The molecule has 0 spiro atoms. The lowest BCUT2D eigenvalue weighted by Gasteiger charge is -2.33. The molecule has 148 valence electrons. The summed E-state index contributed by atoms with van der Waals surface area (Å²) in [7, 11) is 1.83. The Morgan fingerprint density at radius 1 is 0.897 bits per heavy atom. The molecule has 1 fully saturated rings. The molecule has 5 heteroatoms. The number of carbonyl (C=O) groups is 2. The van der Waals surface area contributed by atoms with Crippen molar-refractivity contribution in [1.29, 1.82) is 0 Å². The van der Waals surface area contributed by atoms with Crippen LogP contribution < -0.4 is 10.2 Å². The summed E-state index contributed by atoms with van der Waals surface area (Å²) in [6, 6.07) is 23.6. The van der Waals surface area contributed by atoms with Gasteiger partial charge in [0, 0.05) is 37.4 Å². The SMILES string of the molecule is CN(C(=O)C1CCN(C(=O)Nc2ccccc2)CC1)c1ccc2ccccc2c1. The molecule has 0 aromatic heterocycles. The Morgan fingerprint density at radius 3 is 2.28 bits per heavy atom. The molecule has 29 heavy (non-hydrogen) atoms. The molecule has 0 aliphatic carbocycles. The third-order valence-corrected chi connectivity index (χ3v) is 5.61. The van der Waals surface area contributed by atoms with E-state index < -0.39 is 0 Å². The van der Waals surface area contributed by atoms with Crippen LogP contribution in [0.15, 0.2) is 72.8 Å². The normalized spacial score (nSPS) is 14.6. The van der Waals surface area contributed by atoms with Gasteiger partial charge in [0.05, 0.1) is 0 Å². The Kier molecular flexibility index (Phi) is 5.47.